The first-order valence-electron chi connectivity index (χ1n) is 11.6. The number of hydrogen-bond acceptors (Lipinski definition) is 1. The summed E-state index contributed by atoms with van der Waals surface area (Å²) >= 11 is 0. The minimum absolute atomic E-state index is 0.109. The SMILES string of the molecule is Cc1cccc(-c2cc(-c3cccnc3)c3ccc4cc(C(C)(C)C)cc5ccc2c3c45)c1. The summed E-state index contributed by atoms with van der Waals surface area (Å²) in [4.78, 5) is 4.43. The second kappa shape index (κ2) is 7.15. The van der Waals surface area contributed by atoms with Crippen LogP contribution in [0.15, 0.2) is 91.3 Å². The van der Waals surface area contributed by atoms with E-state index < -0.39 is 0 Å². The van der Waals surface area contributed by atoms with Gasteiger partial charge in [0.1, 0.15) is 0 Å². The van der Waals surface area contributed by atoms with Crippen molar-refractivity contribution in [1.29, 1.82) is 0 Å². The maximum absolute atomic E-state index is 4.43. The highest BCUT2D eigenvalue weighted by Crippen LogP contribution is 2.44. The molecule has 0 unspecified atom stereocenters. The third kappa shape index (κ3) is 3.19. The molecule has 0 atom stereocenters. The highest BCUT2D eigenvalue weighted by Gasteiger charge is 2.20. The van der Waals surface area contributed by atoms with Crippen LogP contribution in [0.5, 0.6) is 0 Å². The average molecular weight is 426 g/mol. The lowest BCUT2D eigenvalue weighted by atomic mass is 9.81. The minimum Gasteiger partial charge on any atom is -0.264 e. The Morgan fingerprint density at radius 2 is 1.30 bits per heavy atom. The standard InChI is InChI=1S/C32H27N/c1-20-7-5-8-21(15-20)28-18-29(24-9-6-14-33-19-24)27-13-11-23-17-25(32(2,3)4)16-22-10-12-26(28)31(27)30(22)23/h5-19H,1-4H3. The van der Waals surface area contributed by atoms with Crippen molar-refractivity contribution in [2.45, 2.75) is 33.1 Å². The number of nitrogens with zero attached hydrogens (tertiary/aromatic N) is 1. The third-order valence-electron chi connectivity index (χ3n) is 6.88. The van der Waals surface area contributed by atoms with Crippen molar-refractivity contribution in [3.8, 4) is 22.3 Å². The van der Waals surface area contributed by atoms with Crippen LogP contribution in [0.1, 0.15) is 31.9 Å². The van der Waals surface area contributed by atoms with E-state index in [0.29, 0.717) is 0 Å². The van der Waals surface area contributed by atoms with Crippen molar-refractivity contribution in [2.75, 3.05) is 0 Å². The van der Waals surface area contributed by atoms with Gasteiger partial charge in [-0.3, -0.25) is 4.98 Å². The van der Waals surface area contributed by atoms with Crippen molar-refractivity contribution >= 4 is 32.3 Å². The van der Waals surface area contributed by atoms with Gasteiger partial charge in [0.25, 0.3) is 0 Å². The molecule has 0 fully saturated rings. The van der Waals surface area contributed by atoms with Gasteiger partial charge in [-0.05, 0) is 79.0 Å². The second-order valence-corrected chi connectivity index (χ2v) is 10.2. The van der Waals surface area contributed by atoms with Crippen LogP contribution in [0.25, 0.3) is 54.6 Å². The van der Waals surface area contributed by atoms with Crippen molar-refractivity contribution in [3.63, 3.8) is 0 Å². The lowest BCUT2D eigenvalue weighted by Gasteiger charge is -2.23. The molecule has 0 aliphatic carbocycles. The zero-order valence-electron chi connectivity index (χ0n) is 19.6. The lowest BCUT2D eigenvalue weighted by Crippen LogP contribution is -2.10. The average Bonchev–Trinajstić information content (AvgIpc) is 2.82. The summed E-state index contributed by atoms with van der Waals surface area (Å²) in [5.74, 6) is 0. The van der Waals surface area contributed by atoms with Crippen LogP contribution >= 0.6 is 0 Å². The molecular formula is C32H27N. The highest BCUT2D eigenvalue weighted by molar-refractivity contribution is 6.28. The van der Waals surface area contributed by atoms with Gasteiger partial charge in [-0.25, -0.2) is 0 Å². The first-order valence-corrected chi connectivity index (χ1v) is 11.6. The Kier molecular flexibility index (Phi) is 4.32. The third-order valence-corrected chi connectivity index (χ3v) is 6.88. The lowest BCUT2D eigenvalue weighted by molar-refractivity contribution is 0.591. The van der Waals surface area contributed by atoms with Crippen LogP contribution in [0, 0.1) is 6.92 Å². The van der Waals surface area contributed by atoms with E-state index in [4.69, 9.17) is 0 Å². The van der Waals surface area contributed by atoms with Gasteiger partial charge >= 0.3 is 0 Å². The minimum atomic E-state index is 0.109. The molecule has 5 aromatic carbocycles. The van der Waals surface area contributed by atoms with E-state index in [0.717, 1.165) is 5.56 Å². The van der Waals surface area contributed by atoms with Crippen molar-refractivity contribution < 1.29 is 0 Å². The Hall–Kier alpha value is -3.71. The summed E-state index contributed by atoms with van der Waals surface area (Å²) in [6.45, 7) is 9.03. The molecule has 0 N–H and O–H groups in total. The zero-order valence-corrected chi connectivity index (χ0v) is 19.6. The van der Waals surface area contributed by atoms with E-state index in [1.165, 1.54) is 60.1 Å². The number of rotatable bonds is 2. The van der Waals surface area contributed by atoms with Crippen LogP contribution in [0.2, 0.25) is 0 Å². The number of aromatic nitrogens is 1. The highest BCUT2D eigenvalue weighted by atomic mass is 14.6. The van der Waals surface area contributed by atoms with Crippen LogP contribution < -0.4 is 0 Å². The molecule has 1 nitrogen and oxygen atoms in total. The summed E-state index contributed by atoms with van der Waals surface area (Å²) in [5.41, 5.74) is 7.68. The molecule has 1 heterocycles. The smallest absolute Gasteiger partial charge is 0.0346 e. The molecule has 1 heteroatoms. The molecule has 33 heavy (non-hydrogen) atoms. The Balaban J connectivity index is 1.80. The topological polar surface area (TPSA) is 12.9 Å². The van der Waals surface area contributed by atoms with Gasteiger partial charge in [0.2, 0.25) is 0 Å². The fourth-order valence-electron chi connectivity index (χ4n) is 5.16. The molecule has 0 saturated carbocycles. The number of aryl methyl sites for hydroxylation is 1. The molecule has 0 bridgehead atoms. The maximum Gasteiger partial charge on any atom is 0.0346 e. The Labute approximate surface area is 195 Å². The molecule has 6 rings (SSSR count). The molecular weight excluding hydrogens is 398 g/mol. The molecule has 1 aromatic heterocycles. The van der Waals surface area contributed by atoms with Gasteiger partial charge in [0.15, 0.2) is 0 Å². The van der Waals surface area contributed by atoms with Crippen LogP contribution in [-0.2, 0) is 5.41 Å². The van der Waals surface area contributed by atoms with E-state index >= 15 is 0 Å². The van der Waals surface area contributed by atoms with E-state index in [9.17, 15) is 0 Å². The molecule has 0 spiro atoms. The first kappa shape index (κ1) is 19.9. The maximum atomic E-state index is 4.43. The van der Waals surface area contributed by atoms with E-state index in [1.54, 1.807) is 0 Å². The van der Waals surface area contributed by atoms with E-state index in [2.05, 4.69) is 105 Å². The monoisotopic (exact) mass is 425 g/mol. The Bertz CT molecular complexity index is 1620. The second-order valence-electron chi connectivity index (χ2n) is 10.2. The molecule has 0 saturated heterocycles. The number of benzene rings is 5. The van der Waals surface area contributed by atoms with E-state index in [-0.39, 0.29) is 5.41 Å². The Morgan fingerprint density at radius 3 is 1.91 bits per heavy atom. The van der Waals surface area contributed by atoms with Crippen molar-refractivity contribution in [1.82, 2.24) is 4.98 Å². The van der Waals surface area contributed by atoms with Gasteiger partial charge in [-0.2, -0.15) is 0 Å². The van der Waals surface area contributed by atoms with Gasteiger partial charge in [-0.15, -0.1) is 0 Å². The van der Waals surface area contributed by atoms with Gasteiger partial charge < -0.3 is 0 Å². The summed E-state index contributed by atoms with van der Waals surface area (Å²) in [6.07, 6.45) is 3.82. The molecule has 6 aromatic rings. The van der Waals surface area contributed by atoms with Crippen LogP contribution in [0.3, 0.4) is 0 Å². The number of hydrogen-bond donors (Lipinski definition) is 0. The van der Waals surface area contributed by atoms with Crippen LogP contribution in [-0.4, -0.2) is 4.98 Å². The molecule has 0 radical (unpaired) electrons. The largest absolute Gasteiger partial charge is 0.264 e. The fourth-order valence-corrected chi connectivity index (χ4v) is 5.16. The molecule has 0 amide bonds. The fraction of sp³-hybridized carbons (Fsp3) is 0.156. The predicted molar refractivity (Wildman–Crippen MR) is 142 cm³/mol. The quantitative estimate of drug-likeness (QED) is 0.252. The molecule has 0 aliphatic heterocycles. The predicted octanol–water partition coefficient (Wildman–Crippen LogP) is 8.92. The summed E-state index contributed by atoms with van der Waals surface area (Å²) in [6, 6.07) is 29.4. The summed E-state index contributed by atoms with van der Waals surface area (Å²) in [7, 11) is 0. The molecule has 0 aliphatic rings. The molecule has 160 valence electrons. The normalized spacial score (nSPS) is 12.2. The summed E-state index contributed by atoms with van der Waals surface area (Å²) < 4.78 is 0. The Morgan fingerprint density at radius 1 is 0.636 bits per heavy atom. The van der Waals surface area contributed by atoms with E-state index in [1.807, 2.05) is 18.5 Å². The van der Waals surface area contributed by atoms with Crippen molar-refractivity contribution in [2.24, 2.45) is 0 Å². The van der Waals surface area contributed by atoms with Gasteiger partial charge in [0.05, 0.1) is 0 Å². The first-order chi connectivity index (χ1) is 15.9. The summed E-state index contributed by atoms with van der Waals surface area (Å²) in [5, 5.41) is 7.94. The van der Waals surface area contributed by atoms with Gasteiger partial charge in [-0.1, -0.05) is 93.1 Å². The van der Waals surface area contributed by atoms with Crippen LogP contribution in [0.4, 0.5) is 0 Å². The van der Waals surface area contributed by atoms with Gasteiger partial charge in [0, 0.05) is 18.0 Å². The number of pyridine rings is 1. The zero-order chi connectivity index (χ0) is 22.7. The van der Waals surface area contributed by atoms with Crippen molar-refractivity contribution in [3.05, 3.63) is 102 Å².